The van der Waals surface area contributed by atoms with Crippen LogP contribution in [0.5, 0.6) is 0 Å². The standard InChI is InChI=1S/C17H24N4O/c1-13(2)5-10-17(22)20(4)14(3)15-6-8-16(9-7-15)21-12-18-11-19-21/h6-9,11-14H,5,10H2,1-4H3. The molecule has 118 valence electrons. The van der Waals surface area contributed by atoms with E-state index >= 15 is 0 Å². The van der Waals surface area contributed by atoms with E-state index in [9.17, 15) is 4.79 Å². The fraction of sp³-hybridized carbons (Fsp3) is 0.471. The van der Waals surface area contributed by atoms with Gasteiger partial charge in [-0.15, -0.1) is 0 Å². The summed E-state index contributed by atoms with van der Waals surface area (Å²) in [5, 5.41) is 4.11. The van der Waals surface area contributed by atoms with Crippen LogP contribution in [-0.2, 0) is 4.79 Å². The Labute approximate surface area is 132 Å². The Balaban J connectivity index is 2.02. The number of hydrogen-bond acceptors (Lipinski definition) is 3. The van der Waals surface area contributed by atoms with Crippen molar-refractivity contribution in [3.05, 3.63) is 42.5 Å². The van der Waals surface area contributed by atoms with E-state index in [1.807, 2.05) is 36.2 Å². The van der Waals surface area contributed by atoms with Crippen molar-refractivity contribution in [1.29, 1.82) is 0 Å². The van der Waals surface area contributed by atoms with Crippen LogP contribution in [0.25, 0.3) is 5.69 Å². The van der Waals surface area contributed by atoms with Crippen molar-refractivity contribution in [2.75, 3.05) is 7.05 Å². The highest BCUT2D eigenvalue weighted by Gasteiger charge is 2.17. The Morgan fingerprint density at radius 1 is 1.23 bits per heavy atom. The molecule has 0 bridgehead atoms. The molecule has 0 radical (unpaired) electrons. The molecule has 0 spiro atoms. The Bertz CT molecular complexity index is 590. The zero-order valence-electron chi connectivity index (χ0n) is 13.7. The van der Waals surface area contributed by atoms with Gasteiger partial charge in [-0.05, 0) is 37.0 Å². The van der Waals surface area contributed by atoms with Gasteiger partial charge in [0.15, 0.2) is 0 Å². The first-order valence-corrected chi connectivity index (χ1v) is 7.69. The van der Waals surface area contributed by atoms with Gasteiger partial charge in [0, 0.05) is 13.5 Å². The minimum absolute atomic E-state index is 0.0597. The monoisotopic (exact) mass is 300 g/mol. The van der Waals surface area contributed by atoms with Gasteiger partial charge < -0.3 is 4.90 Å². The zero-order valence-corrected chi connectivity index (χ0v) is 13.7. The maximum atomic E-state index is 12.2. The number of amides is 1. The number of benzene rings is 1. The van der Waals surface area contributed by atoms with Gasteiger partial charge in [0.25, 0.3) is 0 Å². The third-order valence-electron chi connectivity index (χ3n) is 3.97. The predicted molar refractivity (Wildman–Crippen MR) is 86.6 cm³/mol. The summed E-state index contributed by atoms with van der Waals surface area (Å²) in [6, 6.07) is 8.12. The first-order chi connectivity index (χ1) is 10.5. The van der Waals surface area contributed by atoms with Crippen LogP contribution in [0, 0.1) is 5.92 Å². The van der Waals surface area contributed by atoms with Gasteiger partial charge in [0.05, 0.1) is 11.7 Å². The molecule has 1 atom stereocenters. The number of carbonyl (C=O) groups is 1. The molecule has 1 heterocycles. The third kappa shape index (κ3) is 3.93. The second-order valence-electron chi connectivity index (χ2n) is 6.04. The van der Waals surface area contributed by atoms with Crippen LogP contribution in [0.2, 0.25) is 0 Å². The van der Waals surface area contributed by atoms with Crippen molar-refractivity contribution in [2.24, 2.45) is 5.92 Å². The summed E-state index contributed by atoms with van der Waals surface area (Å²) in [6.07, 6.45) is 4.72. The number of hydrogen-bond donors (Lipinski definition) is 0. The summed E-state index contributed by atoms with van der Waals surface area (Å²) in [4.78, 5) is 18.0. The van der Waals surface area contributed by atoms with Crippen LogP contribution in [0.1, 0.15) is 45.2 Å². The maximum absolute atomic E-state index is 12.2. The predicted octanol–water partition coefficient (Wildman–Crippen LogP) is 3.22. The van der Waals surface area contributed by atoms with E-state index in [-0.39, 0.29) is 11.9 Å². The SMILES string of the molecule is CC(C)CCC(=O)N(C)C(C)c1ccc(-n2cncn2)cc1. The zero-order chi connectivity index (χ0) is 16.1. The van der Waals surface area contributed by atoms with E-state index < -0.39 is 0 Å². The quantitative estimate of drug-likeness (QED) is 0.823. The number of nitrogens with zero attached hydrogens (tertiary/aromatic N) is 4. The lowest BCUT2D eigenvalue weighted by Gasteiger charge is -2.26. The molecule has 5 nitrogen and oxygen atoms in total. The average molecular weight is 300 g/mol. The van der Waals surface area contributed by atoms with Crippen molar-refractivity contribution in [1.82, 2.24) is 19.7 Å². The van der Waals surface area contributed by atoms with Crippen molar-refractivity contribution < 1.29 is 4.79 Å². The smallest absolute Gasteiger partial charge is 0.222 e. The fourth-order valence-electron chi connectivity index (χ4n) is 2.28. The van der Waals surface area contributed by atoms with Crippen molar-refractivity contribution in [3.8, 4) is 5.69 Å². The minimum atomic E-state index is 0.0597. The molecule has 22 heavy (non-hydrogen) atoms. The summed E-state index contributed by atoms with van der Waals surface area (Å²) in [5.41, 5.74) is 2.08. The van der Waals surface area contributed by atoms with E-state index in [0.29, 0.717) is 12.3 Å². The molecule has 0 aliphatic carbocycles. The van der Waals surface area contributed by atoms with E-state index in [2.05, 4.69) is 30.9 Å². The molecule has 1 unspecified atom stereocenters. The molecule has 0 aliphatic rings. The molecule has 0 fully saturated rings. The number of aromatic nitrogens is 3. The normalized spacial score (nSPS) is 12.4. The lowest BCUT2D eigenvalue weighted by atomic mass is 10.0. The van der Waals surface area contributed by atoms with E-state index in [0.717, 1.165) is 17.7 Å². The highest BCUT2D eigenvalue weighted by Crippen LogP contribution is 2.21. The Hall–Kier alpha value is -2.17. The molecule has 0 N–H and O–H groups in total. The first kappa shape index (κ1) is 16.2. The lowest BCUT2D eigenvalue weighted by molar-refractivity contribution is -0.132. The summed E-state index contributed by atoms with van der Waals surface area (Å²) in [5.74, 6) is 0.746. The molecule has 0 saturated carbocycles. The second kappa shape index (κ2) is 7.20. The molecule has 1 aromatic heterocycles. The van der Waals surface area contributed by atoms with Gasteiger partial charge in [-0.2, -0.15) is 5.10 Å². The molecule has 2 aromatic rings. The highest BCUT2D eigenvalue weighted by molar-refractivity contribution is 5.76. The van der Waals surface area contributed by atoms with Crippen molar-refractivity contribution >= 4 is 5.91 Å². The van der Waals surface area contributed by atoms with Gasteiger partial charge in [-0.1, -0.05) is 26.0 Å². The first-order valence-electron chi connectivity index (χ1n) is 7.69. The minimum Gasteiger partial charge on any atom is -0.339 e. The fourth-order valence-corrected chi connectivity index (χ4v) is 2.28. The van der Waals surface area contributed by atoms with Crippen LogP contribution in [0.15, 0.2) is 36.9 Å². The Morgan fingerprint density at radius 2 is 1.91 bits per heavy atom. The van der Waals surface area contributed by atoms with Gasteiger partial charge >= 0.3 is 0 Å². The summed E-state index contributed by atoms with van der Waals surface area (Å²) < 4.78 is 1.71. The summed E-state index contributed by atoms with van der Waals surface area (Å²) in [6.45, 7) is 6.33. The molecule has 0 aliphatic heterocycles. The molecule has 5 heteroatoms. The second-order valence-corrected chi connectivity index (χ2v) is 6.04. The van der Waals surface area contributed by atoms with Gasteiger partial charge in [0.1, 0.15) is 12.7 Å². The van der Waals surface area contributed by atoms with E-state index in [4.69, 9.17) is 0 Å². The molecule has 1 aromatic carbocycles. The topological polar surface area (TPSA) is 51.0 Å². The molecule has 1 amide bonds. The molecule has 0 saturated heterocycles. The van der Waals surface area contributed by atoms with Crippen LogP contribution < -0.4 is 0 Å². The Kier molecular flexibility index (Phi) is 5.31. The van der Waals surface area contributed by atoms with Crippen molar-refractivity contribution in [3.63, 3.8) is 0 Å². The van der Waals surface area contributed by atoms with Crippen LogP contribution in [0.4, 0.5) is 0 Å². The summed E-state index contributed by atoms with van der Waals surface area (Å²) in [7, 11) is 1.87. The molecular formula is C17H24N4O. The van der Waals surface area contributed by atoms with E-state index in [1.54, 1.807) is 11.0 Å². The van der Waals surface area contributed by atoms with Gasteiger partial charge in [-0.3, -0.25) is 4.79 Å². The summed E-state index contributed by atoms with van der Waals surface area (Å²) >= 11 is 0. The highest BCUT2D eigenvalue weighted by atomic mass is 16.2. The number of carbonyl (C=O) groups excluding carboxylic acids is 1. The maximum Gasteiger partial charge on any atom is 0.222 e. The third-order valence-corrected chi connectivity index (χ3v) is 3.97. The van der Waals surface area contributed by atoms with Gasteiger partial charge in [-0.25, -0.2) is 9.67 Å². The number of rotatable bonds is 6. The lowest BCUT2D eigenvalue weighted by Crippen LogP contribution is -2.29. The molecule has 2 rings (SSSR count). The van der Waals surface area contributed by atoms with Gasteiger partial charge in [0.2, 0.25) is 5.91 Å². The Morgan fingerprint density at radius 3 is 2.45 bits per heavy atom. The van der Waals surface area contributed by atoms with Crippen LogP contribution in [-0.4, -0.2) is 32.6 Å². The average Bonchev–Trinajstić information content (AvgIpc) is 3.05. The largest absolute Gasteiger partial charge is 0.339 e. The van der Waals surface area contributed by atoms with E-state index in [1.165, 1.54) is 6.33 Å². The molecular weight excluding hydrogens is 276 g/mol. The van der Waals surface area contributed by atoms with Crippen molar-refractivity contribution in [2.45, 2.75) is 39.7 Å². The van der Waals surface area contributed by atoms with Crippen LogP contribution in [0.3, 0.4) is 0 Å². The van der Waals surface area contributed by atoms with Crippen LogP contribution >= 0.6 is 0 Å².